The number of para-hydroxylation sites is 2. The number of hydrogen-bond acceptors (Lipinski definition) is 3. The standard InChI is InChI=1S/C36H19N3S/c1-2-8-21-17-22(14-13-20(21)7-1)23-15-16-29-25(18-23)26-19-31-32(24-9-3-6-12-30(24)40-31)33-34-36(39(29)35(26)33)38-28-11-5-4-10-27(28)37-34/h1-19H. The molecule has 0 spiro atoms. The lowest BCUT2D eigenvalue weighted by atomic mass is 9.99. The van der Waals surface area contributed by atoms with Crippen molar-refractivity contribution in [3.8, 4) is 11.1 Å². The summed E-state index contributed by atoms with van der Waals surface area (Å²) in [4.78, 5) is 10.4. The first-order valence-corrected chi connectivity index (χ1v) is 14.3. The fraction of sp³-hybridized carbons (Fsp3) is 0. The van der Waals surface area contributed by atoms with E-state index in [4.69, 9.17) is 9.97 Å². The van der Waals surface area contributed by atoms with Crippen LogP contribution in [0.15, 0.2) is 115 Å². The van der Waals surface area contributed by atoms with Crippen molar-refractivity contribution in [3.63, 3.8) is 0 Å². The summed E-state index contributed by atoms with van der Waals surface area (Å²) >= 11 is 1.86. The van der Waals surface area contributed by atoms with E-state index in [1.165, 1.54) is 69.3 Å². The number of thiophene rings is 1. The van der Waals surface area contributed by atoms with Gasteiger partial charge in [0, 0.05) is 36.3 Å². The van der Waals surface area contributed by atoms with Crippen LogP contribution in [0.3, 0.4) is 0 Å². The third-order valence-corrected chi connectivity index (χ3v) is 9.59. The van der Waals surface area contributed by atoms with E-state index in [1.54, 1.807) is 0 Å². The molecule has 0 bridgehead atoms. The molecule has 0 amide bonds. The molecule has 0 unspecified atom stereocenters. The van der Waals surface area contributed by atoms with Gasteiger partial charge in [0.2, 0.25) is 0 Å². The molecule has 4 heterocycles. The van der Waals surface area contributed by atoms with Gasteiger partial charge in [0.1, 0.15) is 5.52 Å². The highest BCUT2D eigenvalue weighted by molar-refractivity contribution is 7.26. The summed E-state index contributed by atoms with van der Waals surface area (Å²) < 4.78 is 4.95. The van der Waals surface area contributed by atoms with Gasteiger partial charge in [0.25, 0.3) is 0 Å². The highest BCUT2D eigenvalue weighted by atomic mass is 32.1. The van der Waals surface area contributed by atoms with E-state index in [0.717, 1.165) is 22.2 Å². The van der Waals surface area contributed by atoms with Crippen LogP contribution in [0.5, 0.6) is 0 Å². The monoisotopic (exact) mass is 525 g/mol. The van der Waals surface area contributed by atoms with Crippen molar-refractivity contribution in [2.45, 2.75) is 0 Å². The number of rotatable bonds is 1. The highest BCUT2D eigenvalue weighted by Crippen LogP contribution is 2.47. The molecule has 184 valence electrons. The minimum Gasteiger partial charge on any atom is -0.291 e. The van der Waals surface area contributed by atoms with E-state index in [9.17, 15) is 0 Å². The Balaban J connectivity index is 1.40. The minimum atomic E-state index is 0.920. The molecule has 3 nitrogen and oxygen atoms in total. The summed E-state index contributed by atoms with van der Waals surface area (Å²) in [7, 11) is 0. The van der Waals surface area contributed by atoms with Crippen LogP contribution in [0.1, 0.15) is 0 Å². The Morgan fingerprint density at radius 2 is 1.27 bits per heavy atom. The fourth-order valence-electron chi connectivity index (χ4n) is 6.69. The molecular formula is C36H19N3S. The first kappa shape index (κ1) is 20.8. The molecule has 6 aromatic carbocycles. The summed E-state index contributed by atoms with van der Waals surface area (Å²) in [5.74, 6) is 0. The molecule has 0 saturated heterocycles. The van der Waals surface area contributed by atoms with E-state index in [0.29, 0.717) is 0 Å². The lowest BCUT2D eigenvalue weighted by molar-refractivity contribution is 1.28. The van der Waals surface area contributed by atoms with Crippen molar-refractivity contribution in [2.75, 3.05) is 0 Å². The molecule has 10 rings (SSSR count). The van der Waals surface area contributed by atoms with Gasteiger partial charge < -0.3 is 0 Å². The number of fused-ring (bicyclic) bond motifs is 12. The summed E-state index contributed by atoms with van der Waals surface area (Å²) in [6, 6.07) is 41.5. The molecule has 4 heteroatoms. The van der Waals surface area contributed by atoms with E-state index in [1.807, 2.05) is 23.5 Å². The third kappa shape index (κ3) is 2.59. The van der Waals surface area contributed by atoms with E-state index in [2.05, 4.69) is 108 Å². The molecule has 0 aliphatic carbocycles. The fourth-order valence-corrected chi connectivity index (χ4v) is 7.85. The van der Waals surface area contributed by atoms with E-state index in [-0.39, 0.29) is 0 Å². The van der Waals surface area contributed by atoms with E-state index < -0.39 is 0 Å². The predicted molar refractivity (Wildman–Crippen MR) is 170 cm³/mol. The van der Waals surface area contributed by atoms with Crippen molar-refractivity contribution < 1.29 is 0 Å². The second kappa shape index (κ2) is 7.32. The van der Waals surface area contributed by atoms with Crippen LogP contribution in [-0.4, -0.2) is 14.4 Å². The number of aromatic nitrogens is 3. The maximum atomic E-state index is 5.23. The van der Waals surface area contributed by atoms with Gasteiger partial charge in [-0.1, -0.05) is 72.8 Å². The summed E-state index contributed by atoms with van der Waals surface area (Å²) in [6.45, 7) is 0. The Morgan fingerprint density at radius 1 is 0.525 bits per heavy atom. The largest absolute Gasteiger partial charge is 0.291 e. The third-order valence-electron chi connectivity index (χ3n) is 8.47. The van der Waals surface area contributed by atoms with Gasteiger partial charge in [-0.2, -0.15) is 0 Å². The van der Waals surface area contributed by atoms with Crippen molar-refractivity contribution >= 4 is 91.7 Å². The first-order valence-electron chi connectivity index (χ1n) is 13.5. The Kier molecular flexibility index (Phi) is 3.81. The molecule has 0 aliphatic rings. The molecule has 40 heavy (non-hydrogen) atoms. The zero-order valence-electron chi connectivity index (χ0n) is 21.2. The van der Waals surface area contributed by atoms with Crippen LogP contribution in [0.4, 0.5) is 0 Å². The van der Waals surface area contributed by atoms with Crippen molar-refractivity contribution in [2.24, 2.45) is 0 Å². The summed E-state index contributed by atoms with van der Waals surface area (Å²) in [5, 5.41) is 8.82. The predicted octanol–water partition coefficient (Wildman–Crippen LogP) is 9.97. The number of nitrogens with zero attached hydrogens (tertiary/aromatic N) is 3. The molecule has 0 atom stereocenters. The normalized spacial score (nSPS) is 12.5. The molecule has 0 aliphatic heterocycles. The van der Waals surface area contributed by atoms with Crippen molar-refractivity contribution in [1.82, 2.24) is 14.4 Å². The second-order valence-electron chi connectivity index (χ2n) is 10.6. The molecule has 0 N–H and O–H groups in total. The lowest BCUT2D eigenvalue weighted by Crippen LogP contribution is -1.89. The zero-order valence-corrected chi connectivity index (χ0v) is 22.0. The summed E-state index contributed by atoms with van der Waals surface area (Å²) in [6.07, 6.45) is 0. The smallest absolute Gasteiger partial charge is 0.165 e. The molecule has 4 aromatic heterocycles. The topological polar surface area (TPSA) is 30.2 Å². The molecule has 10 aromatic rings. The van der Waals surface area contributed by atoms with Crippen LogP contribution in [0.25, 0.3) is 91.5 Å². The Bertz CT molecular complexity index is 2660. The van der Waals surface area contributed by atoms with Gasteiger partial charge >= 0.3 is 0 Å². The average Bonchev–Trinajstić information content (AvgIpc) is 3.65. The quantitative estimate of drug-likeness (QED) is 0.213. The number of hydrogen-bond donors (Lipinski definition) is 0. The van der Waals surface area contributed by atoms with Crippen LogP contribution in [0.2, 0.25) is 0 Å². The Labute approximate surface area is 231 Å². The minimum absolute atomic E-state index is 0.920. The van der Waals surface area contributed by atoms with Gasteiger partial charge in [-0.05, 0) is 64.4 Å². The van der Waals surface area contributed by atoms with Crippen LogP contribution >= 0.6 is 11.3 Å². The van der Waals surface area contributed by atoms with Crippen molar-refractivity contribution in [3.05, 3.63) is 115 Å². The zero-order chi connectivity index (χ0) is 25.9. The van der Waals surface area contributed by atoms with Crippen LogP contribution in [0, 0.1) is 0 Å². The van der Waals surface area contributed by atoms with Crippen LogP contribution in [-0.2, 0) is 0 Å². The number of benzene rings is 6. The maximum Gasteiger partial charge on any atom is 0.165 e. The Morgan fingerprint density at radius 3 is 2.20 bits per heavy atom. The van der Waals surface area contributed by atoms with Gasteiger partial charge in [-0.25, -0.2) is 9.97 Å². The SMILES string of the molecule is c1ccc2cc(-c3ccc4c(c3)c3cc5sc6ccccc6c5c5c6nc7ccccc7nc6n4c35)ccc2c1. The average molecular weight is 526 g/mol. The lowest BCUT2D eigenvalue weighted by Gasteiger charge is -2.06. The van der Waals surface area contributed by atoms with Crippen LogP contribution < -0.4 is 0 Å². The van der Waals surface area contributed by atoms with Gasteiger partial charge in [0.05, 0.1) is 22.1 Å². The Hall–Kier alpha value is -5.06. The second-order valence-corrected chi connectivity index (χ2v) is 11.7. The highest BCUT2D eigenvalue weighted by Gasteiger charge is 2.24. The summed E-state index contributed by atoms with van der Waals surface area (Å²) in [5.41, 5.74) is 8.60. The van der Waals surface area contributed by atoms with Gasteiger partial charge in [-0.3, -0.25) is 4.40 Å². The van der Waals surface area contributed by atoms with Gasteiger partial charge in [0.15, 0.2) is 5.65 Å². The molecule has 0 saturated carbocycles. The first-order chi connectivity index (χ1) is 19.8. The molecular weight excluding hydrogens is 506 g/mol. The van der Waals surface area contributed by atoms with Crippen molar-refractivity contribution in [1.29, 1.82) is 0 Å². The molecule has 0 fully saturated rings. The van der Waals surface area contributed by atoms with E-state index >= 15 is 0 Å². The molecule has 0 radical (unpaired) electrons. The maximum absolute atomic E-state index is 5.23. The van der Waals surface area contributed by atoms with Gasteiger partial charge in [-0.15, -0.1) is 11.3 Å².